The Morgan fingerprint density at radius 2 is 1.86 bits per heavy atom. The molecule has 4 heterocycles. The number of anilines is 3. The highest BCUT2D eigenvalue weighted by molar-refractivity contribution is 6.05. The number of amides is 2. The summed E-state index contributed by atoms with van der Waals surface area (Å²) in [7, 11) is 1.85. The number of likely N-dealkylation sites (N-methyl/N-ethyl adjacent to an activating group) is 1. The van der Waals surface area contributed by atoms with Gasteiger partial charge in [0.15, 0.2) is 5.82 Å². The first-order valence-corrected chi connectivity index (χ1v) is 10.2. The molecule has 0 saturated carbocycles. The normalized spacial score (nSPS) is 23.2. The van der Waals surface area contributed by atoms with Gasteiger partial charge in [0.2, 0.25) is 5.91 Å². The second-order valence-electron chi connectivity index (χ2n) is 8.22. The molecule has 3 aliphatic heterocycles. The first-order valence-electron chi connectivity index (χ1n) is 10.2. The first-order chi connectivity index (χ1) is 13.4. The Morgan fingerprint density at radius 1 is 1.14 bits per heavy atom. The van der Waals surface area contributed by atoms with Crippen molar-refractivity contribution in [3.8, 4) is 0 Å². The van der Waals surface area contributed by atoms with Crippen LogP contribution in [0.25, 0.3) is 0 Å². The van der Waals surface area contributed by atoms with Crippen LogP contribution in [0.5, 0.6) is 0 Å². The van der Waals surface area contributed by atoms with Gasteiger partial charge in [-0.15, -0.1) is 0 Å². The molecule has 0 bridgehead atoms. The van der Waals surface area contributed by atoms with Gasteiger partial charge in [-0.05, 0) is 19.9 Å². The van der Waals surface area contributed by atoms with E-state index in [1.165, 1.54) is 0 Å². The van der Waals surface area contributed by atoms with Gasteiger partial charge in [0.05, 0.1) is 17.6 Å². The van der Waals surface area contributed by atoms with Gasteiger partial charge in [-0.3, -0.25) is 14.5 Å². The number of hydrogen-bond donors (Lipinski definition) is 0. The van der Waals surface area contributed by atoms with Gasteiger partial charge < -0.3 is 19.6 Å². The van der Waals surface area contributed by atoms with Gasteiger partial charge in [-0.1, -0.05) is 0 Å². The van der Waals surface area contributed by atoms with Crippen molar-refractivity contribution < 1.29 is 9.59 Å². The molecule has 152 valence electrons. The lowest BCUT2D eigenvalue weighted by atomic mass is 10.0. The molecule has 1 aromatic heterocycles. The van der Waals surface area contributed by atoms with Crippen LogP contribution in [0, 0.1) is 0 Å². The van der Waals surface area contributed by atoms with Crippen molar-refractivity contribution in [3.63, 3.8) is 0 Å². The maximum absolute atomic E-state index is 13.1. The van der Waals surface area contributed by atoms with Gasteiger partial charge >= 0.3 is 0 Å². The SMILES string of the molecule is CC(=O)N1CCN(c2cnc3c(c2)N(C)C(=O)[C@@H]2CN(C(C)C)CCN32)CC1. The number of hydrogen-bond acceptors (Lipinski definition) is 6. The van der Waals surface area contributed by atoms with Crippen LogP contribution >= 0.6 is 0 Å². The number of pyridine rings is 1. The van der Waals surface area contributed by atoms with E-state index in [-0.39, 0.29) is 17.9 Å². The fourth-order valence-electron chi connectivity index (χ4n) is 4.44. The quantitative estimate of drug-likeness (QED) is 0.743. The van der Waals surface area contributed by atoms with Crippen molar-refractivity contribution in [1.82, 2.24) is 14.8 Å². The summed E-state index contributed by atoms with van der Waals surface area (Å²) in [4.78, 5) is 39.8. The molecule has 0 aliphatic carbocycles. The number of rotatable bonds is 2. The largest absolute Gasteiger partial charge is 0.367 e. The second kappa shape index (κ2) is 7.24. The van der Waals surface area contributed by atoms with E-state index in [0.717, 1.165) is 63.0 Å². The van der Waals surface area contributed by atoms with Gasteiger partial charge in [0.25, 0.3) is 5.91 Å². The molecule has 8 nitrogen and oxygen atoms in total. The molecule has 2 amide bonds. The van der Waals surface area contributed by atoms with Crippen LogP contribution in [0.4, 0.5) is 17.2 Å². The Kier molecular flexibility index (Phi) is 4.91. The highest BCUT2D eigenvalue weighted by Crippen LogP contribution is 2.37. The van der Waals surface area contributed by atoms with E-state index in [0.29, 0.717) is 6.04 Å². The standard InChI is InChI=1S/C20H30N6O2/c1-14(2)25-9-10-26-18(13-25)20(28)22(4)17-11-16(12-21-19(17)26)24-7-5-23(6-8-24)15(3)27/h11-12,14,18H,5-10,13H2,1-4H3/t18-/m0/s1. The Morgan fingerprint density at radius 3 is 2.50 bits per heavy atom. The molecule has 1 atom stereocenters. The molecular weight excluding hydrogens is 356 g/mol. The van der Waals surface area contributed by atoms with Crippen LogP contribution in [-0.4, -0.2) is 91.5 Å². The molecule has 0 aromatic carbocycles. The van der Waals surface area contributed by atoms with E-state index < -0.39 is 0 Å². The number of carbonyl (C=O) groups is 2. The zero-order valence-electron chi connectivity index (χ0n) is 17.3. The van der Waals surface area contributed by atoms with Crippen molar-refractivity contribution in [2.45, 2.75) is 32.9 Å². The van der Waals surface area contributed by atoms with Gasteiger partial charge in [-0.25, -0.2) is 4.98 Å². The summed E-state index contributed by atoms with van der Waals surface area (Å²) in [5.41, 5.74) is 1.90. The predicted octanol–water partition coefficient (Wildman–Crippen LogP) is 0.626. The van der Waals surface area contributed by atoms with Crippen molar-refractivity contribution in [3.05, 3.63) is 12.3 Å². The van der Waals surface area contributed by atoms with Crippen molar-refractivity contribution >= 4 is 29.0 Å². The van der Waals surface area contributed by atoms with Crippen LogP contribution in [-0.2, 0) is 9.59 Å². The van der Waals surface area contributed by atoms with Crippen molar-refractivity contribution in [2.75, 3.05) is 67.6 Å². The van der Waals surface area contributed by atoms with Crippen molar-refractivity contribution in [1.29, 1.82) is 0 Å². The summed E-state index contributed by atoms with van der Waals surface area (Å²) in [5, 5.41) is 0. The van der Waals surface area contributed by atoms with E-state index in [1.54, 1.807) is 11.8 Å². The van der Waals surface area contributed by atoms with Gasteiger partial charge in [0, 0.05) is 65.8 Å². The minimum Gasteiger partial charge on any atom is -0.367 e. The summed E-state index contributed by atoms with van der Waals surface area (Å²) >= 11 is 0. The third-order valence-electron chi connectivity index (χ3n) is 6.31. The third-order valence-corrected chi connectivity index (χ3v) is 6.31. The average molecular weight is 387 g/mol. The molecule has 3 aliphatic rings. The first kappa shape index (κ1) is 19.0. The van der Waals surface area contributed by atoms with E-state index in [9.17, 15) is 9.59 Å². The Bertz CT molecular complexity index is 774. The summed E-state index contributed by atoms with van der Waals surface area (Å²) in [6.07, 6.45) is 1.91. The molecule has 2 fully saturated rings. The zero-order valence-corrected chi connectivity index (χ0v) is 17.3. The van der Waals surface area contributed by atoms with E-state index in [1.807, 2.05) is 18.1 Å². The topological polar surface area (TPSA) is 63.2 Å². The highest BCUT2D eigenvalue weighted by Gasteiger charge is 2.41. The molecule has 4 rings (SSSR count). The average Bonchev–Trinajstić information content (AvgIpc) is 2.71. The van der Waals surface area contributed by atoms with Crippen LogP contribution < -0.4 is 14.7 Å². The molecule has 8 heteroatoms. The number of piperazine rings is 2. The van der Waals surface area contributed by atoms with Crippen LogP contribution in [0.1, 0.15) is 20.8 Å². The Balaban J connectivity index is 1.57. The number of fused-ring (bicyclic) bond motifs is 3. The molecule has 1 aromatic rings. The van der Waals surface area contributed by atoms with Crippen molar-refractivity contribution in [2.24, 2.45) is 0 Å². The van der Waals surface area contributed by atoms with Gasteiger partial charge in [0.1, 0.15) is 6.04 Å². The van der Waals surface area contributed by atoms with Gasteiger partial charge in [-0.2, -0.15) is 0 Å². The molecule has 0 spiro atoms. The fraction of sp³-hybridized carbons (Fsp3) is 0.650. The Labute approximate surface area is 166 Å². The number of aromatic nitrogens is 1. The predicted molar refractivity (Wildman–Crippen MR) is 110 cm³/mol. The van der Waals surface area contributed by atoms with Crippen LogP contribution in [0.15, 0.2) is 12.3 Å². The van der Waals surface area contributed by atoms with Crippen LogP contribution in [0.2, 0.25) is 0 Å². The minimum atomic E-state index is -0.161. The lowest BCUT2D eigenvalue weighted by Gasteiger charge is -2.47. The zero-order chi connectivity index (χ0) is 20.0. The fourth-order valence-corrected chi connectivity index (χ4v) is 4.44. The number of carbonyl (C=O) groups excluding carboxylic acids is 2. The smallest absolute Gasteiger partial charge is 0.250 e. The molecule has 28 heavy (non-hydrogen) atoms. The maximum atomic E-state index is 13.1. The number of nitrogens with zero attached hydrogens (tertiary/aromatic N) is 6. The lowest BCUT2D eigenvalue weighted by molar-refractivity contribution is -0.129. The molecule has 0 N–H and O–H groups in total. The highest BCUT2D eigenvalue weighted by atomic mass is 16.2. The molecular formula is C20H30N6O2. The van der Waals surface area contributed by atoms with Crippen LogP contribution in [0.3, 0.4) is 0 Å². The maximum Gasteiger partial charge on any atom is 0.250 e. The summed E-state index contributed by atoms with van der Waals surface area (Å²) in [6.45, 7) is 11.5. The second-order valence-corrected chi connectivity index (χ2v) is 8.22. The summed E-state index contributed by atoms with van der Waals surface area (Å²) in [6, 6.07) is 2.35. The summed E-state index contributed by atoms with van der Waals surface area (Å²) < 4.78 is 0. The third kappa shape index (κ3) is 3.19. The van der Waals surface area contributed by atoms with E-state index in [4.69, 9.17) is 4.98 Å². The molecule has 0 unspecified atom stereocenters. The lowest BCUT2D eigenvalue weighted by Crippen LogP contribution is -2.63. The minimum absolute atomic E-state index is 0.125. The summed E-state index contributed by atoms with van der Waals surface area (Å²) in [5.74, 6) is 1.17. The van der Waals surface area contributed by atoms with E-state index in [2.05, 4.69) is 34.6 Å². The monoisotopic (exact) mass is 386 g/mol. The molecule has 0 radical (unpaired) electrons. The van der Waals surface area contributed by atoms with E-state index >= 15 is 0 Å². The molecule has 2 saturated heterocycles. The Hall–Kier alpha value is -2.35.